The monoisotopic (exact) mass is 285 g/mol. The lowest BCUT2D eigenvalue weighted by Crippen LogP contribution is -2.16. The summed E-state index contributed by atoms with van der Waals surface area (Å²) in [4.78, 5) is 0. The van der Waals surface area contributed by atoms with Crippen molar-refractivity contribution in [3.8, 4) is 0 Å². The standard InChI is InChI=1S/C12H15F4N.ClH/c1-2-3-7-10(17)8-5-4-6-9(11(8)13)12(14,15)16;/h4-6,10H,2-3,7,17H2,1H3;1H/t10-;/m0./s1. The number of halogens is 5. The average molecular weight is 286 g/mol. The Morgan fingerprint density at radius 1 is 1.28 bits per heavy atom. The molecule has 0 aromatic heterocycles. The van der Waals surface area contributed by atoms with Crippen LogP contribution in [0.3, 0.4) is 0 Å². The van der Waals surface area contributed by atoms with E-state index in [0.29, 0.717) is 6.42 Å². The van der Waals surface area contributed by atoms with Gasteiger partial charge in [-0.15, -0.1) is 12.4 Å². The second-order valence-electron chi connectivity index (χ2n) is 3.96. The maximum absolute atomic E-state index is 13.6. The summed E-state index contributed by atoms with van der Waals surface area (Å²) in [6.45, 7) is 1.94. The van der Waals surface area contributed by atoms with Gasteiger partial charge in [0, 0.05) is 11.6 Å². The Bertz CT molecular complexity index is 379. The molecule has 1 atom stereocenters. The Morgan fingerprint density at radius 2 is 1.89 bits per heavy atom. The largest absolute Gasteiger partial charge is 0.419 e. The highest BCUT2D eigenvalue weighted by Crippen LogP contribution is 2.34. The zero-order valence-corrected chi connectivity index (χ0v) is 10.7. The first-order valence-electron chi connectivity index (χ1n) is 5.49. The molecular formula is C12H16ClF4N. The van der Waals surface area contributed by atoms with Crippen molar-refractivity contribution < 1.29 is 17.6 Å². The summed E-state index contributed by atoms with van der Waals surface area (Å²) in [5.74, 6) is -1.25. The first-order chi connectivity index (χ1) is 7.88. The molecule has 0 radical (unpaired) electrons. The Hall–Kier alpha value is -0.810. The molecule has 0 spiro atoms. The van der Waals surface area contributed by atoms with Gasteiger partial charge in [0.25, 0.3) is 0 Å². The maximum atomic E-state index is 13.6. The van der Waals surface area contributed by atoms with Crippen molar-refractivity contribution in [2.75, 3.05) is 0 Å². The lowest BCUT2D eigenvalue weighted by atomic mass is 9.99. The average Bonchev–Trinajstić information content (AvgIpc) is 2.24. The van der Waals surface area contributed by atoms with Crippen LogP contribution in [-0.4, -0.2) is 0 Å². The summed E-state index contributed by atoms with van der Waals surface area (Å²) >= 11 is 0. The minimum Gasteiger partial charge on any atom is -0.324 e. The van der Waals surface area contributed by atoms with Crippen molar-refractivity contribution in [1.29, 1.82) is 0 Å². The first-order valence-corrected chi connectivity index (χ1v) is 5.49. The quantitative estimate of drug-likeness (QED) is 0.812. The van der Waals surface area contributed by atoms with E-state index < -0.39 is 23.6 Å². The Labute approximate surface area is 110 Å². The van der Waals surface area contributed by atoms with Gasteiger partial charge in [0.2, 0.25) is 0 Å². The molecule has 2 N–H and O–H groups in total. The van der Waals surface area contributed by atoms with E-state index in [1.807, 2.05) is 6.92 Å². The fourth-order valence-corrected chi connectivity index (χ4v) is 1.63. The molecule has 0 fully saturated rings. The van der Waals surface area contributed by atoms with Crippen LogP contribution in [0.4, 0.5) is 17.6 Å². The predicted octanol–water partition coefficient (Wildman–Crippen LogP) is 4.46. The van der Waals surface area contributed by atoms with Crippen molar-refractivity contribution in [2.45, 2.75) is 38.4 Å². The molecule has 18 heavy (non-hydrogen) atoms. The summed E-state index contributed by atoms with van der Waals surface area (Å²) in [6.07, 6.45) is -2.57. The van der Waals surface area contributed by atoms with E-state index in [1.165, 1.54) is 12.1 Å². The SMILES string of the molecule is CCCC[C@H](N)c1cccc(C(F)(F)F)c1F.Cl. The van der Waals surface area contributed by atoms with Crippen LogP contribution in [0.2, 0.25) is 0 Å². The number of hydrogen-bond donors (Lipinski definition) is 1. The maximum Gasteiger partial charge on any atom is 0.419 e. The van der Waals surface area contributed by atoms with Crippen molar-refractivity contribution in [2.24, 2.45) is 5.73 Å². The molecule has 0 aliphatic rings. The van der Waals surface area contributed by atoms with Gasteiger partial charge in [-0.05, 0) is 12.5 Å². The van der Waals surface area contributed by atoms with E-state index in [1.54, 1.807) is 0 Å². The molecule has 0 amide bonds. The van der Waals surface area contributed by atoms with Gasteiger partial charge in [-0.1, -0.05) is 31.9 Å². The van der Waals surface area contributed by atoms with E-state index in [9.17, 15) is 17.6 Å². The third kappa shape index (κ3) is 4.14. The molecule has 0 heterocycles. The number of benzene rings is 1. The van der Waals surface area contributed by atoms with Crippen LogP contribution >= 0.6 is 12.4 Å². The lowest BCUT2D eigenvalue weighted by molar-refractivity contribution is -0.140. The topological polar surface area (TPSA) is 26.0 Å². The molecule has 0 saturated heterocycles. The molecule has 1 aromatic rings. The molecule has 1 aromatic carbocycles. The first kappa shape index (κ1) is 17.2. The molecule has 0 aliphatic heterocycles. The zero-order valence-electron chi connectivity index (χ0n) is 9.93. The molecule has 1 nitrogen and oxygen atoms in total. The van der Waals surface area contributed by atoms with Gasteiger partial charge in [-0.25, -0.2) is 4.39 Å². The van der Waals surface area contributed by atoms with Gasteiger partial charge in [0.15, 0.2) is 0 Å². The Morgan fingerprint density at radius 3 is 2.39 bits per heavy atom. The lowest BCUT2D eigenvalue weighted by Gasteiger charge is -2.15. The minimum absolute atomic E-state index is 0. The Kier molecular flexibility index (Phi) is 6.63. The van der Waals surface area contributed by atoms with Gasteiger partial charge in [-0.3, -0.25) is 0 Å². The molecular weight excluding hydrogens is 270 g/mol. The van der Waals surface area contributed by atoms with Gasteiger partial charge in [0.05, 0.1) is 5.56 Å². The molecule has 0 saturated carbocycles. The van der Waals surface area contributed by atoms with Crippen LogP contribution in [0.1, 0.15) is 43.4 Å². The molecule has 0 bridgehead atoms. The zero-order chi connectivity index (χ0) is 13.1. The van der Waals surface area contributed by atoms with Crippen LogP contribution in [0.25, 0.3) is 0 Å². The van der Waals surface area contributed by atoms with Crippen LogP contribution in [0.5, 0.6) is 0 Å². The van der Waals surface area contributed by atoms with Crippen LogP contribution < -0.4 is 5.73 Å². The summed E-state index contributed by atoms with van der Waals surface area (Å²) < 4.78 is 51.0. The van der Waals surface area contributed by atoms with Crippen LogP contribution in [0, 0.1) is 5.82 Å². The fourth-order valence-electron chi connectivity index (χ4n) is 1.63. The smallest absolute Gasteiger partial charge is 0.324 e. The second kappa shape index (κ2) is 6.95. The number of nitrogens with two attached hydrogens (primary N) is 1. The number of alkyl halides is 3. The van der Waals surface area contributed by atoms with E-state index in [4.69, 9.17) is 5.73 Å². The van der Waals surface area contributed by atoms with Crippen molar-refractivity contribution >= 4 is 12.4 Å². The predicted molar refractivity (Wildman–Crippen MR) is 65.1 cm³/mol. The normalized spacial score (nSPS) is 13.0. The highest BCUT2D eigenvalue weighted by molar-refractivity contribution is 5.85. The number of hydrogen-bond acceptors (Lipinski definition) is 1. The van der Waals surface area contributed by atoms with E-state index in [2.05, 4.69) is 0 Å². The molecule has 6 heteroatoms. The molecule has 0 aliphatic carbocycles. The number of rotatable bonds is 4. The van der Waals surface area contributed by atoms with E-state index >= 15 is 0 Å². The van der Waals surface area contributed by atoms with Crippen LogP contribution in [-0.2, 0) is 6.18 Å². The summed E-state index contributed by atoms with van der Waals surface area (Å²) in [6, 6.07) is 2.54. The Balaban J connectivity index is 0.00000289. The van der Waals surface area contributed by atoms with Gasteiger partial charge in [-0.2, -0.15) is 13.2 Å². The van der Waals surface area contributed by atoms with E-state index in [-0.39, 0.29) is 18.0 Å². The summed E-state index contributed by atoms with van der Waals surface area (Å²) in [7, 11) is 0. The van der Waals surface area contributed by atoms with Gasteiger partial charge < -0.3 is 5.73 Å². The van der Waals surface area contributed by atoms with Crippen LogP contribution in [0.15, 0.2) is 18.2 Å². The second-order valence-corrected chi connectivity index (χ2v) is 3.96. The molecule has 104 valence electrons. The fraction of sp³-hybridized carbons (Fsp3) is 0.500. The highest BCUT2D eigenvalue weighted by atomic mass is 35.5. The third-order valence-electron chi connectivity index (χ3n) is 2.60. The van der Waals surface area contributed by atoms with Crippen molar-refractivity contribution in [1.82, 2.24) is 0 Å². The van der Waals surface area contributed by atoms with E-state index in [0.717, 1.165) is 18.9 Å². The van der Waals surface area contributed by atoms with Crippen molar-refractivity contribution in [3.05, 3.63) is 35.1 Å². The number of unbranched alkanes of at least 4 members (excludes halogenated alkanes) is 1. The molecule has 0 unspecified atom stereocenters. The van der Waals surface area contributed by atoms with Crippen molar-refractivity contribution in [3.63, 3.8) is 0 Å². The molecule has 1 rings (SSSR count). The highest BCUT2D eigenvalue weighted by Gasteiger charge is 2.35. The summed E-state index contributed by atoms with van der Waals surface area (Å²) in [5.41, 5.74) is 4.38. The minimum atomic E-state index is -4.68. The van der Waals surface area contributed by atoms with Gasteiger partial charge >= 0.3 is 6.18 Å². The summed E-state index contributed by atoms with van der Waals surface area (Å²) in [5, 5.41) is 0. The van der Waals surface area contributed by atoms with Gasteiger partial charge in [0.1, 0.15) is 5.82 Å². The third-order valence-corrected chi connectivity index (χ3v) is 2.60.